The normalized spacial score (nSPS) is 19.9. The first-order valence-electron chi connectivity index (χ1n) is 6.75. The monoisotopic (exact) mass is 267 g/mol. The largest absolute Gasteiger partial charge is 0.467 e. The van der Waals surface area contributed by atoms with Crippen molar-refractivity contribution in [3.05, 3.63) is 24.2 Å². The number of aliphatic hydroxyl groups is 1. The number of hydrogen-bond acceptors (Lipinski definition) is 4. The van der Waals surface area contributed by atoms with Crippen molar-refractivity contribution >= 4 is 5.91 Å². The van der Waals surface area contributed by atoms with Gasteiger partial charge in [0.25, 0.3) is 0 Å². The molecule has 1 aliphatic heterocycles. The predicted octanol–water partition coefficient (Wildman–Crippen LogP) is 1.49. The molecule has 0 bridgehead atoms. The van der Waals surface area contributed by atoms with E-state index in [4.69, 9.17) is 9.15 Å². The van der Waals surface area contributed by atoms with E-state index in [0.29, 0.717) is 11.7 Å². The number of carbonyl (C=O) groups is 1. The Morgan fingerprint density at radius 2 is 2.26 bits per heavy atom. The Bertz CT molecular complexity index is 384. The van der Waals surface area contributed by atoms with Gasteiger partial charge in [0.15, 0.2) is 0 Å². The van der Waals surface area contributed by atoms with Crippen LogP contribution in [0.4, 0.5) is 0 Å². The fourth-order valence-corrected chi connectivity index (χ4v) is 2.37. The van der Waals surface area contributed by atoms with Gasteiger partial charge in [0.05, 0.1) is 12.8 Å². The molecule has 106 valence electrons. The molecule has 5 nitrogen and oxygen atoms in total. The summed E-state index contributed by atoms with van der Waals surface area (Å²) in [7, 11) is 0. The van der Waals surface area contributed by atoms with Crippen molar-refractivity contribution in [2.45, 2.75) is 25.9 Å². The van der Waals surface area contributed by atoms with Crippen LogP contribution in [0.1, 0.15) is 31.6 Å². The fraction of sp³-hybridized carbons (Fsp3) is 0.643. The molecular formula is C14H21NO4. The summed E-state index contributed by atoms with van der Waals surface area (Å²) in [5.74, 6) is 0.777. The standard InChI is InChI=1S/C14H21NO4/c1-10(11-4-7-18-8-5-11)14(17)15-9-12(16)13-3-2-6-19-13/h2-3,6,10-12,16H,4-5,7-9H2,1H3,(H,15,17). The smallest absolute Gasteiger partial charge is 0.223 e. The highest BCUT2D eigenvalue weighted by Crippen LogP contribution is 2.23. The Balaban J connectivity index is 1.77. The predicted molar refractivity (Wildman–Crippen MR) is 69.4 cm³/mol. The van der Waals surface area contributed by atoms with Gasteiger partial charge in [-0.05, 0) is 30.9 Å². The number of carbonyl (C=O) groups excluding carboxylic acids is 1. The van der Waals surface area contributed by atoms with Gasteiger partial charge in [-0.15, -0.1) is 0 Å². The maximum absolute atomic E-state index is 12.0. The average molecular weight is 267 g/mol. The topological polar surface area (TPSA) is 71.7 Å². The summed E-state index contributed by atoms with van der Waals surface area (Å²) in [6.45, 7) is 3.58. The van der Waals surface area contributed by atoms with Crippen LogP contribution in [-0.4, -0.2) is 30.8 Å². The van der Waals surface area contributed by atoms with Crippen molar-refractivity contribution in [2.24, 2.45) is 11.8 Å². The van der Waals surface area contributed by atoms with Crippen molar-refractivity contribution in [1.29, 1.82) is 0 Å². The minimum absolute atomic E-state index is 0.0162. The third-order valence-corrected chi connectivity index (χ3v) is 3.73. The third-order valence-electron chi connectivity index (χ3n) is 3.73. The van der Waals surface area contributed by atoms with Crippen LogP contribution in [0.15, 0.2) is 22.8 Å². The van der Waals surface area contributed by atoms with E-state index in [1.54, 1.807) is 12.1 Å². The summed E-state index contributed by atoms with van der Waals surface area (Å²) in [5, 5.41) is 12.6. The molecule has 19 heavy (non-hydrogen) atoms. The van der Waals surface area contributed by atoms with Gasteiger partial charge in [0.1, 0.15) is 11.9 Å². The van der Waals surface area contributed by atoms with E-state index in [-0.39, 0.29) is 18.4 Å². The zero-order valence-corrected chi connectivity index (χ0v) is 11.2. The van der Waals surface area contributed by atoms with Crippen molar-refractivity contribution in [1.82, 2.24) is 5.32 Å². The second-order valence-electron chi connectivity index (χ2n) is 5.01. The van der Waals surface area contributed by atoms with Crippen LogP contribution in [-0.2, 0) is 9.53 Å². The number of aliphatic hydroxyl groups excluding tert-OH is 1. The minimum atomic E-state index is -0.791. The van der Waals surface area contributed by atoms with E-state index in [1.807, 2.05) is 6.92 Å². The number of rotatable bonds is 5. The Hall–Kier alpha value is -1.33. The highest BCUT2D eigenvalue weighted by molar-refractivity contribution is 5.78. The van der Waals surface area contributed by atoms with E-state index >= 15 is 0 Å². The van der Waals surface area contributed by atoms with Gasteiger partial charge in [-0.25, -0.2) is 0 Å². The van der Waals surface area contributed by atoms with Crippen molar-refractivity contribution in [2.75, 3.05) is 19.8 Å². The lowest BCUT2D eigenvalue weighted by Gasteiger charge is -2.27. The molecule has 5 heteroatoms. The van der Waals surface area contributed by atoms with Crippen LogP contribution in [0.5, 0.6) is 0 Å². The summed E-state index contributed by atoms with van der Waals surface area (Å²) in [6.07, 6.45) is 2.57. The lowest BCUT2D eigenvalue weighted by Crippen LogP contribution is -2.37. The van der Waals surface area contributed by atoms with Crippen LogP contribution in [0, 0.1) is 11.8 Å². The molecule has 1 saturated heterocycles. The highest BCUT2D eigenvalue weighted by atomic mass is 16.5. The van der Waals surface area contributed by atoms with Gasteiger partial charge in [-0.2, -0.15) is 0 Å². The molecule has 1 aromatic rings. The Morgan fingerprint density at radius 3 is 2.89 bits per heavy atom. The molecule has 2 heterocycles. The number of nitrogens with one attached hydrogen (secondary N) is 1. The number of ether oxygens (including phenoxy) is 1. The summed E-state index contributed by atoms with van der Waals surface area (Å²) >= 11 is 0. The Kier molecular flexibility index (Phi) is 4.99. The fourth-order valence-electron chi connectivity index (χ4n) is 2.37. The summed E-state index contributed by atoms with van der Waals surface area (Å²) in [5.41, 5.74) is 0. The number of amides is 1. The average Bonchev–Trinajstić information content (AvgIpc) is 2.98. The van der Waals surface area contributed by atoms with Gasteiger partial charge in [0.2, 0.25) is 5.91 Å². The zero-order valence-electron chi connectivity index (χ0n) is 11.2. The van der Waals surface area contributed by atoms with E-state index in [9.17, 15) is 9.90 Å². The highest BCUT2D eigenvalue weighted by Gasteiger charge is 2.26. The molecule has 2 unspecified atom stereocenters. The zero-order chi connectivity index (χ0) is 13.7. The van der Waals surface area contributed by atoms with Crippen LogP contribution in [0.2, 0.25) is 0 Å². The van der Waals surface area contributed by atoms with Crippen molar-refractivity contribution in [3.8, 4) is 0 Å². The van der Waals surface area contributed by atoms with Gasteiger partial charge in [0, 0.05) is 19.1 Å². The molecule has 1 aromatic heterocycles. The van der Waals surface area contributed by atoms with Crippen LogP contribution < -0.4 is 5.32 Å². The molecule has 2 atom stereocenters. The molecule has 1 fully saturated rings. The van der Waals surface area contributed by atoms with Crippen LogP contribution >= 0.6 is 0 Å². The Labute approximate surface area is 112 Å². The molecular weight excluding hydrogens is 246 g/mol. The summed E-state index contributed by atoms with van der Waals surface area (Å²) in [6, 6.07) is 3.41. The molecule has 0 radical (unpaired) electrons. The quantitative estimate of drug-likeness (QED) is 0.848. The van der Waals surface area contributed by atoms with Crippen LogP contribution in [0.25, 0.3) is 0 Å². The second kappa shape index (κ2) is 6.73. The summed E-state index contributed by atoms with van der Waals surface area (Å²) in [4.78, 5) is 12.0. The molecule has 0 aromatic carbocycles. The van der Waals surface area contributed by atoms with Gasteiger partial charge in [-0.1, -0.05) is 6.92 Å². The van der Waals surface area contributed by atoms with Gasteiger partial charge in [-0.3, -0.25) is 4.79 Å². The van der Waals surface area contributed by atoms with Gasteiger partial charge >= 0.3 is 0 Å². The molecule has 2 rings (SSSR count). The van der Waals surface area contributed by atoms with E-state index in [2.05, 4.69) is 5.32 Å². The van der Waals surface area contributed by atoms with E-state index in [0.717, 1.165) is 26.1 Å². The molecule has 1 aliphatic rings. The molecule has 0 saturated carbocycles. The first-order chi connectivity index (χ1) is 9.18. The second-order valence-corrected chi connectivity index (χ2v) is 5.01. The van der Waals surface area contributed by atoms with Crippen molar-refractivity contribution in [3.63, 3.8) is 0 Å². The van der Waals surface area contributed by atoms with Crippen molar-refractivity contribution < 1.29 is 19.1 Å². The first-order valence-corrected chi connectivity index (χ1v) is 6.75. The van der Waals surface area contributed by atoms with E-state index < -0.39 is 6.10 Å². The first kappa shape index (κ1) is 14.1. The number of hydrogen-bond donors (Lipinski definition) is 2. The summed E-state index contributed by atoms with van der Waals surface area (Å²) < 4.78 is 10.4. The molecule has 2 N–H and O–H groups in total. The third kappa shape index (κ3) is 3.81. The lowest BCUT2D eigenvalue weighted by molar-refractivity contribution is -0.127. The Morgan fingerprint density at radius 1 is 1.53 bits per heavy atom. The SMILES string of the molecule is CC(C(=O)NCC(O)c1ccco1)C1CCOCC1. The molecule has 1 amide bonds. The lowest BCUT2D eigenvalue weighted by atomic mass is 9.87. The minimum Gasteiger partial charge on any atom is -0.467 e. The molecule has 0 aliphatic carbocycles. The molecule has 0 spiro atoms. The maximum atomic E-state index is 12.0. The maximum Gasteiger partial charge on any atom is 0.223 e. The van der Waals surface area contributed by atoms with E-state index in [1.165, 1.54) is 6.26 Å². The van der Waals surface area contributed by atoms with Gasteiger partial charge < -0.3 is 19.6 Å². The number of furan rings is 1. The van der Waals surface area contributed by atoms with Crippen LogP contribution in [0.3, 0.4) is 0 Å².